The van der Waals surface area contributed by atoms with Crippen molar-refractivity contribution in [2.24, 2.45) is 5.92 Å². The number of aryl methyl sites for hydroxylation is 2. The largest absolute Gasteiger partial charge is 0.394 e. The molecule has 2 atom stereocenters. The van der Waals surface area contributed by atoms with Crippen molar-refractivity contribution in [1.82, 2.24) is 4.98 Å². The Hall–Kier alpha value is -1.60. The second-order valence-electron chi connectivity index (χ2n) is 5.99. The Bertz CT molecular complexity index is 549. The molecule has 1 aromatic heterocycles. The van der Waals surface area contributed by atoms with Crippen LogP contribution in [0.3, 0.4) is 0 Å². The molecule has 4 heteroatoms. The number of nitrogens with zero attached hydrogens (tertiary/aromatic N) is 3. The molecule has 1 aliphatic carbocycles. The van der Waals surface area contributed by atoms with E-state index in [0.717, 1.165) is 37.3 Å². The monoisotopic (exact) mass is 271 g/mol. The molecular formula is C16H21N3O. The molecule has 0 spiro atoms. The summed E-state index contributed by atoms with van der Waals surface area (Å²) in [5.41, 5.74) is 3.06. The summed E-state index contributed by atoms with van der Waals surface area (Å²) in [6.45, 7) is 3.17. The van der Waals surface area contributed by atoms with E-state index < -0.39 is 0 Å². The van der Waals surface area contributed by atoms with Crippen molar-refractivity contribution >= 4 is 5.82 Å². The third-order valence-electron chi connectivity index (χ3n) is 4.74. The second kappa shape index (κ2) is 5.41. The lowest BCUT2D eigenvalue weighted by atomic mass is 9.94. The molecule has 1 N–H and O–H groups in total. The molecule has 106 valence electrons. The number of nitriles is 1. The minimum absolute atomic E-state index is 0.0937. The molecule has 0 saturated carbocycles. The highest BCUT2D eigenvalue weighted by molar-refractivity contribution is 5.57. The van der Waals surface area contributed by atoms with Crippen molar-refractivity contribution in [1.29, 1.82) is 5.26 Å². The fourth-order valence-corrected chi connectivity index (χ4v) is 3.47. The summed E-state index contributed by atoms with van der Waals surface area (Å²) < 4.78 is 0. The third kappa shape index (κ3) is 2.16. The average molecular weight is 271 g/mol. The number of aliphatic hydroxyl groups excluding tert-OH is 1. The van der Waals surface area contributed by atoms with Gasteiger partial charge < -0.3 is 10.0 Å². The van der Waals surface area contributed by atoms with Crippen molar-refractivity contribution in [3.8, 4) is 6.07 Å². The van der Waals surface area contributed by atoms with Crippen LogP contribution in [-0.4, -0.2) is 29.3 Å². The van der Waals surface area contributed by atoms with Crippen molar-refractivity contribution in [2.45, 2.75) is 45.1 Å². The van der Waals surface area contributed by atoms with Crippen LogP contribution in [0.15, 0.2) is 6.07 Å². The average Bonchev–Trinajstić information content (AvgIpc) is 2.86. The van der Waals surface area contributed by atoms with Crippen molar-refractivity contribution in [3.63, 3.8) is 0 Å². The molecule has 0 radical (unpaired) electrons. The molecule has 0 aromatic carbocycles. The summed E-state index contributed by atoms with van der Waals surface area (Å²) in [7, 11) is 0. The molecule has 20 heavy (non-hydrogen) atoms. The van der Waals surface area contributed by atoms with E-state index in [0.29, 0.717) is 11.5 Å². The zero-order chi connectivity index (χ0) is 14.1. The number of hydrogen-bond donors (Lipinski definition) is 1. The van der Waals surface area contributed by atoms with Crippen LogP contribution in [0.1, 0.15) is 43.0 Å². The zero-order valence-corrected chi connectivity index (χ0v) is 12.0. The Kier molecular flexibility index (Phi) is 3.62. The maximum absolute atomic E-state index is 9.62. The summed E-state index contributed by atoms with van der Waals surface area (Å²) >= 11 is 0. The van der Waals surface area contributed by atoms with E-state index >= 15 is 0 Å². The summed E-state index contributed by atoms with van der Waals surface area (Å²) in [5, 5.41) is 19.0. The standard InChI is InChI=1S/C16H21N3O/c1-11-6-7-19(15(11)10-20)16-13(9-17)8-12-4-2-3-5-14(12)18-16/h8,11,15,20H,2-7,10H2,1H3. The predicted octanol–water partition coefficient (Wildman–Crippen LogP) is 2.04. The Balaban J connectivity index is 2.02. The van der Waals surface area contributed by atoms with E-state index in [1.807, 2.05) is 6.07 Å². The van der Waals surface area contributed by atoms with Gasteiger partial charge in [0.15, 0.2) is 0 Å². The van der Waals surface area contributed by atoms with Crippen LogP contribution in [0.4, 0.5) is 5.82 Å². The molecule has 2 aliphatic rings. The minimum Gasteiger partial charge on any atom is -0.394 e. The number of hydrogen-bond acceptors (Lipinski definition) is 4. The molecular weight excluding hydrogens is 250 g/mol. The zero-order valence-electron chi connectivity index (χ0n) is 12.0. The first-order valence-electron chi connectivity index (χ1n) is 7.55. The molecule has 0 amide bonds. The van der Waals surface area contributed by atoms with E-state index in [9.17, 15) is 10.4 Å². The first kappa shape index (κ1) is 13.4. The number of pyridine rings is 1. The number of fused-ring (bicyclic) bond motifs is 1. The van der Waals surface area contributed by atoms with E-state index in [1.54, 1.807) is 0 Å². The van der Waals surface area contributed by atoms with Gasteiger partial charge in [-0.15, -0.1) is 0 Å². The number of rotatable bonds is 2. The normalized spacial score (nSPS) is 25.4. The van der Waals surface area contributed by atoms with Gasteiger partial charge in [-0.2, -0.15) is 5.26 Å². The van der Waals surface area contributed by atoms with Crippen LogP contribution >= 0.6 is 0 Å². The van der Waals surface area contributed by atoms with Crippen LogP contribution in [-0.2, 0) is 12.8 Å². The Labute approximate surface area is 120 Å². The fraction of sp³-hybridized carbons (Fsp3) is 0.625. The lowest BCUT2D eigenvalue weighted by molar-refractivity contribution is 0.244. The van der Waals surface area contributed by atoms with Gasteiger partial charge in [0.2, 0.25) is 0 Å². The van der Waals surface area contributed by atoms with Gasteiger partial charge in [-0.3, -0.25) is 0 Å². The highest BCUT2D eigenvalue weighted by Gasteiger charge is 2.33. The van der Waals surface area contributed by atoms with Gasteiger partial charge in [-0.1, -0.05) is 6.92 Å². The van der Waals surface area contributed by atoms with Crippen molar-refractivity contribution in [3.05, 3.63) is 22.9 Å². The maximum Gasteiger partial charge on any atom is 0.147 e. The van der Waals surface area contributed by atoms with Gasteiger partial charge in [0.1, 0.15) is 11.9 Å². The quantitative estimate of drug-likeness (QED) is 0.894. The number of aliphatic hydroxyl groups is 1. The Morgan fingerprint density at radius 2 is 2.25 bits per heavy atom. The third-order valence-corrected chi connectivity index (χ3v) is 4.74. The molecule has 1 aliphatic heterocycles. The first-order chi connectivity index (χ1) is 9.74. The fourth-order valence-electron chi connectivity index (χ4n) is 3.47. The molecule has 0 bridgehead atoms. The molecule has 2 unspecified atom stereocenters. The summed E-state index contributed by atoms with van der Waals surface area (Å²) in [6, 6.07) is 4.41. The molecule has 3 rings (SSSR count). The van der Waals surface area contributed by atoms with Gasteiger partial charge >= 0.3 is 0 Å². The minimum atomic E-state index is 0.0937. The number of aromatic nitrogens is 1. The van der Waals surface area contributed by atoms with Gasteiger partial charge in [0.25, 0.3) is 0 Å². The van der Waals surface area contributed by atoms with Gasteiger partial charge in [0.05, 0.1) is 18.2 Å². The molecule has 1 saturated heterocycles. The summed E-state index contributed by atoms with van der Waals surface area (Å²) in [5.74, 6) is 1.24. The Morgan fingerprint density at radius 1 is 1.45 bits per heavy atom. The summed E-state index contributed by atoms with van der Waals surface area (Å²) in [4.78, 5) is 6.93. The number of anilines is 1. The van der Waals surface area contributed by atoms with Crippen LogP contribution in [0.25, 0.3) is 0 Å². The molecule has 1 fully saturated rings. The maximum atomic E-state index is 9.62. The van der Waals surface area contributed by atoms with Crippen molar-refractivity contribution in [2.75, 3.05) is 18.1 Å². The van der Waals surface area contributed by atoms with E-state index in [4.69, 9.17) is 4.98 Å². The Morgan fingerprint density at radius 3 is 3.00 bits per heavy atom. The topological polar surface area (TPSA) is 60.2 Å². The van der Waals surface area contributed by atoms with Crippen LogP contribution in [0.5, 0.6) is 0 Å². The first-order valence-corrected chi connectivity index (χ1v) is 7.55. The van der Waals surface area contributed by atoms with Crippen molar-refractivity contribution < 1.29 is 5.11 Å². The lowest BCUT2D eigenvalue weighted by Crippen LogP contribution is -2.36. The molecule has 2 heterocycles. The van der Waals surface area contributed by atoms with Gasteiger partial charge in [-0.05, 0) is 49.7 Å². The summed E-state index contributed by atoms with van der Waals surface area (Å²) in [6.07, 6.45) is 5.48. The molecule has 4 nitrogen and oxygen atoms in total. The second-order valence-corrected chi connectivity index (χ2v) is 5.99. The van der Waals surface area contributed by atoms with E-state index in [2.05, 4.69) is 17.9 Å². The highest BCUT2D eigenvalue weighted by atomic mass is 16.3. The van der Waals surface area contributed by atoms with E-state index in [1.165, 1.54) is 18.4 Å². The lowest BCUT2D eigenvalue weighted by Gasteiger charge is -2.28. The van der Waals surface area contributed by atoms with Crippen LogP contribution in [0.2, 0.25) is 0 Å². The van der Waals surface area contributed by atoms with Crippen LogP contribution < -0.4 is 4.90 Å². The highest BCUT2D eigenvalue weighted by Crippen LogP contribution is 2.32. The smallest absolute Gasteiger partial charge is 0.147 e. The molecule has 1 aromatic rings. The van der Waals surface area contributed by atoms with Gasteiger partial charge in [-0.25, -0.2) is 4.98 Å². The van der Waals surface area contributed by atoms with Gasteiger partial charge in [0, 0.05) is 12.2 Å². The van der Waals surface area contributed by atoms with Crippen LogP contribution in [0, 0.1) is 17.2 Å². The SMILES string of the molecule is CC1CCN(c2nc3c(cc2C#N)CCCC3)C1CO. The predicted molar refractivity (Wildman–Crippen MR) is 77.6 cm³/mol. The van der Waals surface area contributed by atoms with E-state index in [-0.39, 0.29) is 12.6 Å².